The van der Waals surface area contributed by atoms with Gasteiger partial charge in [0, 0.05) is 11.8 Å². The van der Waals surface area contributed by atoms with Crippen LogP contribution in [0.15, 0.2) is 48.9 Å². The van der Waals surface area contributed by atoms with Crippen LogP contribution in [0.5, 0.6) is 0 Å². The highest BCUT2D eigenvalue weighted by Crippen LogP contribution is 2.23. The number of nitrogens with zero attached hydrogens (tertiary/aromatic N) is 5. The van der Waals surface area contributed by atoms with Gasteiger partial charge < -0.3 is 5.32 Å². The molecule has 2 aromatic heterocycles. The Bertz CT molecular complexity index is 860. The number of amides is 1. The summed E-state index contributed by atoms with van der Waals surface area (Å²) in [5.74, 6) is 0.0546. The van der Waals surface area contributed by atoms with Crippen molar-refractivity contribution in [3.05, 3.63) is 65.7 Å². The van der Waals surface area contributed by atoms with Crippen LogP contribution < -0.4 is 5.32 Å². The van der Waals surface area contributed by atoms with E-state index in [0.29, 0.717) is 5.56 Å². The minimum Gasteiger partial charge on any atom is -0.343 e. The summed E-state index contributed by atoms with van der Waals surface area (Å²) in [6.45, 7) is 6.13. The first-order valence-corrected chi connectivity index (χ1v) is 8.12. The number of carbonyl (C=O) groups is 1. The van der Waals surface area contributed by atoms with E-state index in [1.165, 1.54) is 11.0 Å². The molecule has 1 aromatic carbocycles. The molecule has 0 aliphatic rings. The van der Waals surface area contributed by atoms with Crippen molar-refractivity contribution in [2.45, 2.75) is 26.8 Å². The van der Waals surface area contributed by atoms with Gasteiger partial charge in [0.05, 0.1) is 17.4 Å². The summed E-state index contributed by atoms with van der Waals surface area (Å²) in [7, 11) is 0. The van der Waals surface area contributed by atoms with Gasteiger partial charge in [0.1, 0.15) is 6.33 Å². The number of nitrogens with one attached hydrogen (secondary N) is 1. The second-order valence-corrected chi connectivity index (χ2v) is 6.21. The van der Waals surface area contributed by atoms with Gasteiger partial charge in [-0.2, -0.15) is 0 Å². The lowest BCUT2D eigenvalue weighted by Crippen LogP contribution is -2.32. The van der Waals surface area contributed by atoms with Crippen molar-refractivity contribution in [1.29, 1.82) is 0 Å². The van der Waals surface area contributed by atoms with Gasteiger partial charge >= 0.3 is 0 Å². The molecule has 25 heavy (non-hydrogen) atoms. The van der Waals surface area contributed by atoms with E-state index in [1.807, 2.05) is 31.2 Å². The molecule has 0 aliphatic carbocycles. The summed E-state index contributed by atoms with van der Waals surface area (Å²) in [6, 6.07) is 10.9. The molecule has 1 N–H and O–H groups in total. The zero-order chi connectivity index (χ0) is 17.8. The van der Waals surface area contributed by atoms with Crippen LogP contribution >= 0.6 is 0 Å². The molecule has 0 spiro atoms. The van der Waals surface area contributed by atoms with Crippen molar-refractivity contribution in [3.8, 4) is 5.69 Å². The molecule has 0 saturated carbocycles. The summed E-state index contributed by atoms with van der Waals surface area (Å²) in [6.07, 6.45) is 3.24. The fraction of sp³-hybridized carbons (Fsp3) is 0.278. The van der Waals surface area contributed by atoms with Gasteiger partial charge in [0.15, 0.2) is 0 Å². The van der Waals surface area contributed by atoms with Crippen LogP contribution in [-0.4, -0.2) is 31.1 Å². The van der Waals surface area contributed by atoms with Gasteiger partial charge in [-0.1, -0.05) is 26.0 Å². The van der Waals surface area contributed by atoms with Gasteiger partial charge in [-0.3, -0.25) is 9.78 Å². The Kier molecular flexibility index (Phi) is 4.83. The van der Waals surface area contributed by atoms with Crippen molar-refractivity contribution in [2.75, 3.05) is 0 Å². The van der Waals surface area contributed by atoms with Crippen molar-refractivity contribution in [1.82, 2.24) is 30.5 Å². The smallest absolute Gasteiger partial charge is 0.251 e. The first-order chi connectivity index (χ1) is 12.1. The number of aryl methyl sites for hydroxylation is 1. The van der Waals surface area contributed by atoms with Gasteiger partial charge in [0.2, 0.25) is 0 Å². The van der Waals surface area contributed by atoms with E-state index in [4.69, 9.17) is 0 Å². The molecule has 3 rings (SSSR count). The minimum atomic E-state index is -0.162. The maximum absolute atomic E-state index is 12.8. The molecule has 0 unspecified atom stereocenters. The molecule has 2 heterocycles. The van der Waals surface area contributed by atoms with Crippen molar-refractivity contribution in [3.63, 3.8) is 0 Å². The number of benzene rings is 1. The quantitative estimate of drug-likeness (QED) is 0.773. The van der Waals surface area contributed by atoms with Gasteiger partial charge in [-0.15, -0.1) is 5.10 Å². The third kappa shape index (κ3) is 3.71. The zero-order valence-electron chi connectivity index (χ0n) is 14.4. The number of tetrazole rings is 1. The Hall–Kier alpha value is -3.09. The maximum atomic E-state index is 12.8. The molecule has 7 heteroatoms. The molecule has 1 atom stereocenters. The summed E-state index contributed by atoms with van der Waals surface area (Å²) in [4.78, 5) is 17.2. The Morgan fingerprint density at radius 1 is 1.20 bits per heavy atom. The molecule has 0 aliphatic heterocycles. The monoisotopic (exact) mass is 336 g/mol. The van der Waals surface area contributed by atoms with E-state index < -0.39 is 0 Å². The van der Waals surface area contributed by atoms with Crippen LogP contribution in [0, 0.1) is 12.8 Å². The van der Waals surface area contributed by atoms with Crippen molar-refractivity contribution in [2.24, 2.45) is 5.92 Å². The molecule has 128 valence electrons. The summed E-state index contributed by atoms with van der Waals surface area (Å²) < 4.78 is 1.51. The van der Waals surface area contributed by atoms with E-state index in [2.05, 4.69) is 39.7 Å². The number of rotatable bonds is 5. The van der Waals surface area contributed by atoms with Crippen LogP contribution in [0.4, 0.5) is 0 Å². The first-order valence-electron chi connectivity index (χ1n) is 8.12. The SMILES string of the molecule is Cc1cccnc1[C@@H](NC(=O)c1cccc(-n2cnnn2)c1)C(C)C. The summed E-state index contributed by atoms with van der Waals surface area (Å²) in [5, 5.41) is 14.2. The molecule has 0 radical (unpaired) electrons. The number of pyridine rings is 1. The number of carbonyl (C=O) groups excluding carboxylic acids is 1. The van der Waals surface area contributed by atoms with E-state index in [-0.39, 0.29) is 17.9 Å². The Morgan fingerprint density at radius 3 is 2.72 bits per heavy atom. The number of hydrogen-bond donors (Lipinski definition) is 1. The topological polar surface area (TPSA) is 85.6 Å². The maximum Gasteiger partial charge on any atom is 0.251 e. The molecule has 0 saturated heterocycles. The van der Waals surface area contributed by atoms with Crippen LogP contribution in [0.25, 0.3) is 5.69 Å². The lowest BCUT2D eigenvalue weighted by Gasteiger charge is -2.23. The third-order valence-corrected chi connectivity index (χ3v) is 4.02. The highest BCUT2D eigenvalue weighted by molar-refractivity contribution is 5.95. The minimum absolute atomic E-state index is 0.154. The highest BCUT2D eigenvalue weighted by Gasteiger charge is 2.22. The standard InChI is InChI=1S/C18H20N6O/c1-12(2)16(17-13(3)6-5-9-19-17)21-18(25)14-7-4-8-15(10-14)24-11-20-22-23-24/h4-12,16H,1-3H3,(H,21,25)/t16-/m0/s1. The van der Waals surface area contributed by atoms with Crippen LogP contribution in [0.2, 0.25) is 0 Å². The second-order valence-electron chi connectivity index (χ2n) is 6.21. The van der Waals surface area contributed by atoms with Crippen molar-refractivity contribution >= 4 is 5.91 Å². The van der Waals surface area contributed by atoms with Gasteiger partial charge in [-0.05, 0) is 53.1 Å². The largest absolute Gasteiger partial charge is 0.343 e. The molecule has 1 amide bonds. The van der Waals surface area contributed by atoms with Gasteiger partial charge in [0.25, 0.3) is 5.91 Å². The number of hydrogen-bond acceptors (Lipinski definition) is 5. The fourth-order valence-electron chi connectivity index (χ4n) is 2.67. The third-order valence-electron chi connectivity index (χ3n) is 4.02. The summed E-state index contributed by atoms with van der Waals surface area (Å²) >= 11 is 0. The van der Waals surface area contributed by atoms with Gasteiger partial charge in [-0.25, -0.2) is 4.68 Å². The molecular weight excluding hydrogens is 316 g/mol. The molecule has 7 nitrogen and oxygen atoms in total. The van der Waals surface area contributed by atoms with E-state index in [1.54, 1.807) is 18.3 Å². The average Bonchev–Trinajstić information content (AvgIpc) is 3.15. The van der Waals surface area contributed by atoms with Crippen LogP contribution in [0.1, 0.15) is 41.5 Å². The van der Waals surface area contributed by atoms with E-state index in [0.717, 1.165) is 16.9 Å². The Balaban J connectivity index is 1.85. The highest BCUT2D eigenvalue weighted by atomic mass is 16.1. The predicted molar refractivity (Wildman–Crippen MR) is 93.2 cm³/mol. The van der Waals surface area contributed by atoms with E-state index >= 15 is 0 Å². The zero-order valence-corrected chi connectivity index (χ0v) is 14.4. The molecule has 0 bridgehead atoms. The normalized spacial score (nSPS) is 12.2. The second kappa shape index (κ2) is 7.21. The predicted octanol–water partition coefficient (Wildman–Crippen LogP) is 2.49. The van der Waals surface area contributed by atoms with Crippen molar-refractivity contribution < 1.29 is 4.79 Å². The first kappa shape index (κ1) is 16.8. The Morgan fingerprint density at radius 2 is 2.04 bits per heavy atom. The number of aromatic nitrogens is 5. The molecule has 0 fully saturated rings. The lowest BCUT2D eigenvalue weighted by molar-refractivity contribution is 0.0924. The lowest BCUT2D eigenvalue weighted by atomic mass is 9.97. The van der Waals surface area contributed by atoms with Crippen LogP contribution in [0.3, 0.4) is 0 Å². The van der Waals surface area contributed by atoms with E-state index in [9.17, 15) is 4.79 Å². The molecule has 3 aromatic rings. The Labute approximate surface area is 146 Å². The summed E-state index contributed by atoms with van der Waals surface area (Å²) in [5.41, 5.74) is 3.23. The fourth-order valence-corrected chi connectivity index (χ4v) is 2.67. The van der Waals surface area contributed by atoms with Crippen LogP contribution in [-0.2, 0) is 0 Å². The average molecular weight is 336 g/mol. The molecular formula is C18H20N6O.